The van der Waals surface area contributed by atoms with Gasteiger partial charge in [-0.2, -0.15) is 0 Å². The molecule has 11 heteroatoms. The van der Waals surface area contributed by atoms with E-state index in [1.165, 1.54) is 6.92 Å². The Hall–Kier alpha value is -2.85. The van der Waals surface area contributed by atoms with Crippen molar-refractivity contribution in [3.8, 4) is 0 Å². The van der Waals surface area contributed by atoms with E-state index in [4.69, 9.17) is 0 Å². The molecule has 0 aromatic heterocycles. The largest absolute Gasteiger partial charge is 0.464 e. The Morgan fingerprint density at radius 3 is 1.81 bits per heavy atom. The van der Waals surface area contributed by atoms with E-state index < -0.39 is 41.2 Å². The highest BCUT2D eigenvalue weighted by atomic mass is 16.5. The van der Waals surface area contributed by atoms with Gasteiger partial charge in [0.15, 0.2) is 0 Å². The molecule has 0 atom stereocenters. The van der Waals surface area contributed by atoms with Gasteiger partial charge < -0.3 is 26.0 Å². The van der Waals surface area contributed by atoms with Crippen LogP contribution < -0.4 is 21.3 Å². The molecule has 4 N–H and O–H groups in total. The summed E-state index contributed by atoms with van der Waals surface area (Å²) in [5, 5.41) is 9.03. The molecule has 0 radical (unpaired) electrons. The lowest BCUT2D eigenvalue weighted by atomic mass is 10.00. The fourth-order valence-corrected chi connectivity index (χ4v) is 2.70. The van der Waals surface area contributed by atoms with Crippen molar-refractivity contribution in [1.29, 1.82) is 0 Å². The summed E-state index contributed by atoms with van der Waals surface area (Å²) < 4.78 is 4.68. The highest BCUT2D eigenvalue weighted by molar-refractivity contribution is 6.22. The maximum atomic E-state index is 12.4. The van der Waals surface area contributed by atoms with Crippen molar-refractivity contribution in [3.05, 3.63) is 0 Å². The van der Waals surface area contributed by atoms with Gasteiger partial charge >= 0.3 is 18.0 Å². The number of ether oxygens (including phenoxy) is 1. The third-order valence-corrected chi connectivity index (χ3v) is 3.52. The lowest BCUT2D eigenvalue weighted by Gasteiger charge is -2.23. The van der Waals surface area contributed by atoms with Gasteiger partial charge in [-0.25, -0.2) is 9.59 Å². The second-order valence-electron chi connectivity index (χ2n) is 4.76. The van der Waals surface area contributed by atoms with Crippen molar-refractivity contribution < 1.29 is 28.7 Å². The molecule has 0 aromatic carbocycles. The number of amides is 6. The van der Waals surface area contributed by atoms with Crippen LogP contribution in [-0.4, -0.2) is 59.2 Å². The third-order valence-electron chi connectivity index (χ3n) is 3.52. The summed E-state index contributed by atoms with van der Waals surface area (Å²) in [5.74, 6) is -2.17. The molecule has 6 amide bonds. The molecule has 11 nitrogen and oxygen atoms in total. The Balaban J connectivity index is 1.89. The van der Waals surface area contributed by atoms with Gasteiger partial charge in [-0.3, -0.25) is 19.3 Å². The van der Waals surface area contributed by atoms with E-state index in [0.717, 1.165) is 4.90 Å². The van der Waals surface area contributed by atoms with Gasteiger partial charge in [-0.05, 0) is 0 Å². The molecule has 0 aromatic rings. The molecular weight excluding hydrogens is 286 g/mol. The van der Waals surface area contributed by atoms with E-state index in [1.807, 2.05) is 0 Å². The first-order valence-electron chi connectivity index (χ1n) is 6.03. The molecule has 112 valence electrons. The average Bonchev–Trinajstić information content (AvgIpc) is 2.85. The molecule has 21 heavy (non-hydrogen) atoms. The minimum atomic E-state index is -1.89. The van der Waals surface area contributed by atoms with E-state index in [9.17, 15) is 24.0 Å². The average molecular weight is 297 g/mol. The molecule has 3 saturated heterocycles. The molecule has 0 saturated carbocycles. The summed E-state index contributed by atoms with van der Waals surface area (Å²) in [6.07, 6.45) is 0. The molecule has 0 unspecified atom stereocenters. The Bertz CT molecular complexity index is 543. The van der Waals surface area contributed by atoms with E-state index in [-0.39, 0.29) is 13.2 Å². The quantitative estimate of drug-likeness (QED) is 0.321. The number of carbonyl (C=O) groups is 5. The van der Waals surface area contributed by atoms with Crippen LogP contribution in [0, 0.1) is 0 Å². The van der Waals surface area contributed by atoms with E-state index in [1.54, 1.807) is 0 Å². The van der Waals surface area contributed by atoms with Crippen LogP contribution in [0.5, 0.6) is 0 Å². The smallest absolute Gasteiger partial charge is 0.319 e. The number of esters is 1. The van der Waals surface area contributed by atoms with Gasteiger partial charge in [0.1, 0.15) is 6.61 Å². The van der Waals surface area contributed by atoms with Crippen LogP contribution in [0.1, 0.15) is 6.92 Å². The normalized spacial score (nSPS) is 32.9. The van der Waals surface area contributed by atoms with Gasteiger partial charge in [0.25, 0.3) is 11.8 Å². The molecule has 3 heterocycles. The van der Waals surface area contributed by atoms with Crippen molar-refractivity contribution in [2.24, 2.45) is 0 Å². The van der Waals surface area contributed by atoms with Crippen molar-refractivity contribution in [3.63, 3.8) is 0 Å². The minimum absolute atomic E-state index is 0.180. The highest BCUT2D eigenvalue weighted by Gasteiger charge is 2.79. The zero-order chi connectivity index (χ0) is 15.4. The molecule has 3 fully saturated rings. The molecule has 0 aliphatic carbocycles. The van der Waals surface area contributed by atoms with E-state index in [2.05, 4.69) is 26.0 Å². The van der Waals surface area contributed by atoms with Gasteiger partial charge in [-0.1, -0.05) is 0 Å². The van der Waals surface area contributed by atoms with Crippen molar-refractivity contribution in [1.82, 2.24) is 26.2 Å². The Morgan fingerprint density at radius 2 is 1.43 bits per heavy atom. The second-order valence-corrected chi connectivity index (χ2v) is 4.76. The SMILES string of the molecule is CC(=O)OCCN1C(=O)C23NC(=O)NC2(NC(=O)N3)C1=O. The molecule has 3 aliphatic heterocycles. The van der Waals surface area contributed by atoms with Crippen LogP contribution in [0.3, 0.4) is 0 Å². The number of carbonyl (C=O) groups excluding carboxylic acids is 5. The van der Waals surface area contributed by atoms with Crippen molar-refractivity contribution in [2.75, 3.05) is 13.2 Å². The van der Waals surface area contributed by atoms with E-state index in [0.29, 0.717) is 0 Å². The fraction of sp³-hybridized carbons (Fsp3) is 0.500. The highest BCUT2D eigenvalue weighted by Crippen LogP contribution is 2.36. The van der Waals surface area contributed by atoms with E-state index >= 15 is 0 Å². The second kappa shape index (κ2) is 3.84. The predicted octanol–water partition coefficient (Wildman–Crippen LogP) is -3.06. The van der Waals surface area contributed by atoms with Gasteiger partial charge in [0, 0.05) is 6.92 Å². The van der Waals surface area contributed by atoms with Gasteiger partial charge in [0.2, 0.25) is 11.3 Å². The molecule has 3 aliphatic rings. The standard InChI is InChI=1S/C10H11N5O6/c1-4(16)21-3-2-15-5(17)9-10(6(15)18,13-7(19)11-9)14-8(20)12-9/h2-3H2,1H3,(H2,11,13,19)(H2,12,14,20). The number of imide groups is 1. The van der Waals surface area contributed by atoms with Crippen LogP contribution in [-0.2, 0) is 19.1 Å². The number of likely N-dealkylation sites (tertiary alicyclic amines) is 1. The van der Waals surface area contributed by atoms with Crippen LogP contribution in [0.25, 0.3) is 0 Å². The Kier molecular flexibility index (Phi) is 2.40. The molecule has 3 rings (SSSR count). The lowest BCUT2D eigenvalue weighted by molar-refractivity contribution is -0.147. The topological polar surface area (TPSA) is 146 Å². The first-order chi connectivity index (χ1) is 9.82. The summed E-state index contributed by atoms with van der Waals surface area (Å²) >= 11 is 0. The van der Waals surface area contributed by atoms with Crippen LogP contribution >= 0.6 is 0 Å². The Morgan fingerprint density at radius 1 is 1.00 bits per heavy atom. The predicted molar refractivity (Wildman–Crippen MR) is 62.1 cm³/mol. The monoisotopic (exact) mass is 297 g/mol. The van der Waals surface area contributed by atoms with Crippen molar-refractivity contribution in [2.45, 2.75) is 18.2 Å². The number of nitrogens with zero attached hydrogens (tertiary/aromatic N) is 1. The third kappa shape index (κ3) is 1.45. The van der Waals surface area contributed by atoms with Gasteiger partial charge in [-0.15, -0.1) is 0 Å². The zero-order valence-electron chi connectivity index (χ0n) is 10.8. The van der Waals surface area contributed by atoms with Crippen molar-refractivity contribution >= 4 is 29.8 Å². The number of hydrogen-bond acceptors (Lipinski definition) is 6. The van der Waals surface area contributed by atoms with Crippen LogP contribution in [0.15, 0.2) is 0 Å². The maximum Gasteiger partial charge on any atom is 0.319 e. The van der Waals surface area contributed by atoms with Gasteiger partial charge in [0.05, 0.1) is 6.54 Å². The summed E-state index contributed by atoms with van der Waals surface area (Å²) in [6, 6.07) is -1.52. The fourth-order valence-electron chi connectivity index (χ4n) is 2.70. The Labute approximate surface area is 117 Å². The number of hydrogen-bond donors (Lipinski definition) is 4. The number of rotatable bonds is 3. The summed E-state index contributed by atoms with van der Waals surface area (Å²) in [6.45, 7) is 0.828. The van der Waals surface area contributed by atoms with Crippen LogP contribution in [0.2, 0.25) is 0 Å². The number of urea groups is 2. The first kappa shape index (κ1) is 13.1. The zero-order valence-corrected chi connectivity index (χ0v) is 10.8. The molecular formula is C10H11N5O6. The number of nitrogens with one attached hydrogen (secondary N) is 4. The molecule has 0 bridgehead atoms. The first-order valence-corrected chi connectivity index (χ1v) is 6.03. The summed E-state index contributed by atoms with van der Waals surface area (Å²) in [7, 11) is 0. The lowest BCUT2D eigenvalue weighted by Crippen LogP contribution is -2.68. The maximum absolute atomic E-state index is 12.4. The summed E-state index contributed by atoms with van der Waals surface area (Å²) in [5.41, 5.74) is -3.79. The van der Waals surface area contributed by atoms with Crippen LogP contribution in [0.4, 0.5) is 9.59 Å². The summed E-state index contributed by atoms with van der Waals surface area (Å²) in [4.78, 5) is 59.3. The minimum Gasteiger partial charge on any atom is -0.464 e. The molecule has 0 spiro atoms.